The summed E-state index contributed by atoms with van der Waals surface area (Å²) in [5.74, 6) is 1.37. The van der Waals surface area contributed by atoms with Crippen LogP contribution in [0.2, 0.25) is 0 Å². The van der Waals surface area contributed by atoms with Gasteiger partial charge in [-0.05, 0) is 35.0 Å². The van der Waals surface area contributed by atoms with Crippen LogP contribution in [0.15, 0.2) is 41.2 Å². The summed E-state index contributed by atoms with van der Waals surface area (Å²) < 4.78 is 10.6. The van der Waals surface area contributed by atoms with Crippen LogP contribution < -0.4 is 15.0 Å². The molecule has 96 valence electrons. The Labute approximate surface area is 109 Å². The Morgan fingerprint density at radius 2 is 1.63 bits per heavy atom. The van der Waals surface area contributed by atoms with Gasteiger partial charge < -0.3 is 14.5 Å². The van der Waals surface area contributed by atoms with Crippen molar-refractivity contribution in [2.45, 2.75) is 0 Å². The van der Waals surface area contributed by atoms with Crippen LogP contribution in [0, 0.1) is 0 Å². The summed E-state index contributed by atoms with van der Waals surface area (Å²) in [5, 5.41) is 3.04. The van der Waals surface area contributed by atoms with Gasteiger partial charge >= 0.3 is 0 Å². The molecular weight excluding hydrogens is 242 g/mol. The fourth-order valence-corrected chi connectivity index (χ4v) is 2.30. The average molecular weight is 255 g/mol. The molecule has 19 heavy (non-hydrogen) atoms. The molecule has 2 aromatic carbocycles. The largest absolute Gasteiger partial charge is 0.493 e. The number of rotatable bonds is 2. The average Bonchev–Trinajstić information content (AvgIpc) is 2.45. The van der Waals surface area contributed by atoms with Crippen LogP contribution in [0.4, 0.5) is 0 Å². The summed E-state index contributed by atoms with van der Waals surface area (Å²) in [7, 11) is 3.22. The van der Waals surface area contributed by atoms with Gasteiger partial charge in [-0.3, -0.25) is 4.79 Å². The minimum absolute atomic E-state index is 0.104. The summed E-state index contributed by atoms with van der Waals surface area (Å²) in [5.41, 5.74) is 0.708. The summed E-state index contributed by atoms with van der Waals surface area (Å²) in [6.07, 6.45) is 0. The fraction of sp³-hybridized carbons (Fsp3) is 0.133. The number of H-pyrrole nitrogens is 1. The van der Waals surface area contributed by atoms with Crippen LogP contribution in [0.25, 0.3) is 21.7 Å². The number of methoxy groups -OCH3 is 2. The van der Waals surface area contributed by atoms with Crippen LogP contribution in [0.1, 0.15) is 0 Å². The number of fused-ring (bicyclic) bond motifs is 3. The van der Waals surface area contributed by atoms with Crippen molar-refractivity contribution in [3.63, 3.8) is 0 Å². The van der Waals surface area contributed by atoms with Gasteiger partial charge in [0.1, 0.15) is 0 Å². The van der Waals surface area contributed by atoms with E-state index in [2.05, 4.69) is 4.98 Å². The number of hydrogen-bond donors (Lipinski definition) is 1. The molecule has 4 nitrogen and oxygen atoms in total. The second-order valence-corrected chi connectivity index (χ2v) is 4.28. The molecule has 1 aromatic heterocycles. The van der Waals surface area contributed by atoms with Crippen LogP contribution in [0.5, 0.6) is 11.5 Å². The molecule has 1 heterocycles. The Hall–Kier alpha value is -2.49. The van der Waals surface area contributed by atoms with Gasteiger partial charge in [0.25, 0.3) is 0 Å². The molecule has 3 aromatic rings. The van der Waals surface area contributed by atoms with Gasteiger partial charge in [0, 0.05) is 17.0 Å². The van der Waals surface area contributed by atoms with Crippen molar-refractivity contribution < 1.29 is 9.47 Å². The lowest BCUT2D eigenvalue weighted by molar-refractivity contribution is 0.356. The quantitative estimate of drug-likeness (QED) is 0.716. The zero-order valence-corrected chi connectivity index (χ0v) is 10.7. The van der Waals surface area contributed by atoms with Gasteiger partial charge in [0.05, 0.1) is 14.2 Å². The number of nitrogens with one attached hydrogen (secondary N) is 1. The number of hydrogen-bond acceptors (Lipinski definition) is 3. The van der Waals surface area contributed by atoms with Crippen molar-refractivity contribution in [3.05, 3.63) is 46.8 Å². The number of ether oxygens (including phenoxy) is 2. The van der Waals surface area contributed by atoms with E-state index in [0.717, 1.165) is 21.7 Å². The molecular formula is C15H13NO3. The van der Waals surface area contributed by atoms with Crippen molar-refractivity contribution in [1.29, 1.82) is 0 Å². The standard InChI is InChI=1S/C15H13NO3/c1-18-13-7-9-3-5-12-10(4-6-15(17)16-12)11(9)8-14(13)19-2/h3-8H,1-2H3,(H,16,17). The molecule has 0 aliphatic heterocycles. The molecule has 0 atom stereocenters. The lowest BCUT2D eigenvalue weighted by Gasteiger charge is -2.10. The van der Waals surface area contributed by atoms with Crippen LogP contribution in [-0.2, 0) is 0 Å². The maximum atomic E-state index is 11.3. The first-order valence-corrected chi connectivity index (χ1v) is 5.90. The van der Waals surface area contributed by atoms with E-state index in [1.807, 2.05) is 30.3 Å². The third-order valence-electron chi connectivity index (χ3n) is 3.22. The molecule has 0 radical (unpaired) electrons. The van der Waals surface area contributed by atoms with Gasteiger partial charge in [0.15, 0.2) is 11.5 Å². The third-order valence-corrected chi connectivity index (χ3v) is 3.22. The van der Waals surface area contributed by atoms with E-state index in [-0.39, 0.29) is 5.56 Å². The Bertz CT molecular complexity index is 821. The smallest absolute Gasteiger partial charge is 0.248 e. The number of aromatic nitrogens is 1. The van der Waals surface area contributed by atoms with Gasteiger partial charge in [0.2, 0.25) is 5.56 Å². The van der Waals surface area contributed by atoms with Crippen molar-refractivity contribution in [2.75, 3.05) is 14.2 Å². The first-order chi connectivity index (χ1) is 9.22. The molecule has 0 unspecified atom stereocenters. The second-order valence-electron chi connectivity index (χ2n) is 4.28. The third kappa shape index (κ3) is 1.81. The molecule has 0 fully saturated rings. The van der Waals surface area contributed by atoms with Gasteiger partial charge in [-0.1, -0.05) is 6.07 Å². The zero-order chi connectivity index (χ0) is 13.4. The molecule has 0 aliphatic carbocycles. The zero-order valence-electron chi connectivity index (χ0n) is 10.7. The van der Waals surface area contributed by atoms with E-state index in [1.165, 1.54) is 6.07 Å². The topological polar surface area (TPSA) is 51.3 Å². The lowest BCUT2D eigenvalue weighted by atomic mass is 10.0. The fourth-order valence-electron chi connectivity index (χ4n) is 2.30. The minimum atomic E-state index is -0.104. The highest BCUT2D eigenvalue weighted by Gasteiger charge is 2.08. The first-order valence-electron chi connectivity index (χ1n) is 5.90. The van der Waals surface area contributed by atoms with Gasteiger partial charge in [-0.25, -0.2) is 0 Å². The summed E-state index contributed by atoms with van der Waals surface area (Å²) >= 11 is 0. The number of benzene rings is 2. The number of aromatic amines is 1. The maximum absolute atomic E-state index is 11.3. The predicted molar refractivity (Wildman–Crippen MR) is 75.2 cm³/mol. The van der Waals surface area contributed by atoms with E-state index < -0.39 is 0 Å². The van der Waals surface area contributed by atoms with Crippen LogP contribution in [0.3, 0.4) is 0 Å². The number of pyridine rings is 1. The van der Waals surface area contributed by atoms with Crippen molar-refractivity contribution in [3.8, 4) is 11.5 Å². The predicted octanol–water partition coefficient (Wildman–Crippen LogP) is 2.70. The maximum Gasteiger partial charge on any atom is 0.248 e. The molecule has 0 bridgehead atoms. The highest BCUT2D eigenvalue weighted by atomic mass is 16.5. The lowest BCUT2D eigenvalue weighted by Crippen LogP contribution is -2.02. The van der Waals surface area contributed by atoms with Crippen LogP contribution >= 0.6 is 0 Å². The summed E-state index contributed by atoms with van der Waals surface area (Å²) in [6.45, 7) is 0. The molecule has 0 amide bonds. The van der Waals surface area contributed by atoms with Gasteiger partial charge in [-0.2, -0.15) is 0 Å². The Morgan fingerprint density at radius 3 is 2.37 bits per heavy atom. The van der Waals surface area contributed by atoms with E-state index in [1.54, 1.807) is 14.2 Å². The highest BCUT2D eigenvalue weighted by molar-refractivity contribution is 6.07. The Kier molecular flexibility index (Phi) is 2.63. The minimum Gasteiger partial charge on any atom is -0.493 e. The molecule has 0 saturated heterocycles. The second kappa shape index (κ2) is 4.31. The normalized spacial score (nSPS) is 10.8. The SMILES string of the molecule is COc1cc2ccc3[nH]c(=O)ccc3c2cc1OC. The van der Waals surface area contributed by atoms with Crippen molar-refractivity contribution in [2.24, 2.45) is 0 Å². The van der Waals surface area contributed by atoms with Crippen molar-refractivity contribution >= 4 is 21.7 Å². The van der Waals surface area contributed by atoms with Crippen molar-refractivity contribution in [1.82, 2.24) is 4.98 Å². The first kappa shape index (κ1) is 11.6. The van der Waals surface area contributed by atoms with E-state index in [0.29, 0.717) is 11.5 Å². The van der Waals surface area contributed by atoms with E-state index in [9.17, 15) is 4.79 Å². The Balaban J connectivity index is 2.44. The van der Waals surface area contributed by atoms with Crippen LogP contribution in [-0.4, -0.2) is 19.2 Å². The van der Waals surface area contributed by atoms with Gasteiger partial charge in [-0.15, -0.1) is 0 Å². The molecule has 0 spiro atoms. The molecule has 1 N–H and O–H groups in total. The monoisotopic (exact) mass is 255 g/mol. The molecule has 0 aliphatic rings. The van der Waals surface area contributed by atoms with E-state index >= 15 is 0 Å². The highest BCUT2D eigenvalue weighted by Crippen LogP contribution is 2.34. The molecule has 0 saturated carbocycles. The van der Waals surface area contributed by atoms with E-state index in [4.69, 9.17) is 9.47 Å². The molecule has 4 heteroatoms. The summed E-state index contributed by atoms with van der Waals surface area (Å²) in [6, 6.07) is 11.1. The molecule has 3 rings (SSSR count). The summed E-state index contributed by atoms with van der Waals surface area (Å²) in [4.78, 5) is 14.2. The Morgan fingerprint density at radius 1 is 0.895 bits per heavy atom.